The number of benzene rings is 1. The van der Waals surface area contributed by atoms with Crippen molar-refractivity contribution in [3.05, 3.63) is 48.2 Å². The predicted molar refractivity (Wildman–Crippen MR) is 88.2 cm³/mol. The average molecular weight is 336 g/mol. The number of nitrogens with zero attached hydrogens (tertiary/aromatic N) is 1. The molecule has 0 unspecified atom stereocenters. The Labute approximate surface area is 136 Å². The van der Waals surface area contributed by atoms with Crippen molar-refractivity contribution in [3.8, 4) is 17.4 Å². The molecule has 1 aromatic carbocycles. The lowest BCUT2D eigenvalue weighted by molar-refractivity contribution is 0.300. The van der Waals surface area contributed by atoms with Gasteiger partial charge >= 0.3 is 0 Å². The molecule has 1 heterocycles. The number of rotatable bonds is 8. The van der Waals surface area contributed by atoms with E-state index < -0.39 is 10.0 Å². The minimum Gasteiger partial charge on any atom is -0.490 e. The molecule has 0 atom stereocenters. The maximum Gasteiger partial charge on any atom is 0.223 e. The Kier molecular flexibility index (Phi) is 5.95. The first kappa shape index (κ1) is 17.2. The highest BCUT2D eigenvalue weighted by Crippen LogP contribution is 2.31. The molecule has 0 saturated carbocycles. The van der Waals surface area contributed by atoms with Crippen LogP contribution in [0, 0.1) is 0 Å². The van der Waals surface area contributed by atoms with E-state index in [1.807, 2.05) is 25.1 Å². The van der Waals surface area contributed by atoms with E-state index in [4.69, 9.17) is 9.47 Å². The third-order valence-electron chi connectivity index (χ3n) is 2.89. The standard InChI is InChI=1S/C16H20N2O4S/c1-3-11-21-14-8-4-5-9-15(14)22-16-13(7-6-10-17-16)12-18-23(2,19)20/h4-10,18H,3,11-12H2,1-2H3. The second-order valence-corrected chi connectivity index (χ2v) is 6.79. The highest BCUT2D eigenvalue weighted by atomic mass is 32.2. The summed E-state index contributed by atoms with van der Waals surface area (Å²) in [6.07, 6.45) is 3.59. The molecule has 7 heteroatoms. The molecule has 0 saturated heterocycles. The van der Waals surface area contributed by atoms with Gasteiger partial charge in [0.2, 0.25) is 15.9 Å². The van der Waals surface area contributed by atoms with Gasteiger partial charge in [-0.1, -0.05) is 25.1 Å². The molecule has 2 rings (SSSR count). The number of nitrogens with one attached hydrogen (secondary N) is 1. The molecule has 1 aromatic heterocycles. The Hall–Kier alpha value is -2.12. The van der Waals surface area contributed by atoms with Crippen molar-refractivity contribution < 1.29 is 17.9 Å². The third kappa shape index (κ3) is 5.54. The molecule has 0 spiro atoms. The van der Waals surface area contributed by atoms with Gasteiger partial charge in [-0.15, -0.1) is 0 Å². The van der Waals surface area contributed by atoms with Crippen LogP contribution < -0.4 is 14.2 Å². The zero-order valence-electron chi connectivity index (χ0n) is 13.2. The van der Waals surface area contributed by atoms with Crippen molar-refractivity contribution in [2.45, 2.75) is 19.9 Å². The third-order valence-corrected chi connectivity index (χ3v) is 3.56. The molecule has 6 nitrogen and oxygen atoms in total. The second-order valence-electron chi connectivity index (χ2n) is 4.96. The molecule has 23 heavy (non-hydrogen) atoms. The number of pyridine rings is 1. The number of para-hydroxylation sites is 2. The number of aromatic nitrogens is 1. The summed E-state index contributed by atoms with van der Waals surface area (Å²) in [7, 11) is -3.29. The van der Waals surface area contributed by atoms with E-state index in [1.54, 1.807) is 24.4 Å². The summed E-state index contributed by atoms with van der Waals surface area (Å²) in [4.78, 5) is 4.18. The first-order chi connectivity index (χ1) is 11.0. The van der Waals surface area contributed by atoms with E-state index >= 15 is 0 Å². The van der Waals surface area contributed by atoms with E-state index in [0.29, 0.717) is 29.5 Å². The molecular weight excluding hydrogens is 316 g/mol. The quantitative estimate of drug-likeness (QED) is 0.802. The van der Waals surface area contributed by atoms with Gasteiger partial charge < -0.3 is 9.47 Å². The number of hydrogen-bond donors (Lipinski definition) is 1. The highest BCUT2D eigenvalue weighted by molar-refractivity contribution is 7.88. The normalized spacial score (nSPS) is 11.2. The highest BCUT2D eigenvalue weighted by Gasteiger charge is 2.11. The topological polar surface area (TPSA) is 77.5 Å². The molecule has 2 aromatic rings. The second kappa shape index (κ2) is 7.94. The monoisotopic (exact) mass is 336 g/mol. The molecule has 0 fully saturated rings. The van der Waals surface area contributed by atoms with Crippen LogP contribution in [0.5, 0.6) is 17.4 Å². The van der Waals surface area contributed by atoms with Crippen molar-refractivity contribution in [1.29, 1.82) is 0 Å². The van der Waals surface area contributed by atoms with Crippen molar-refractivity contribution in [1.82, 2.24) is 9.71 Å². The van der Waals surface area contributed by atoms with Gasteiger partial charge in [-0.3, -0.25) is 0 Å². The summed E-state index contributed by atoms with van der Waals surface area (Å²) in [6.45, 7) is 2.72. The SMILES string of the molecule is CCCOc1ccccc1Oc1ncccc1CNS(C)(=O)=O. The Bertz CT molecular complexity index is 747. The first-order valence-corrected chi connectivity index (χ1v) is 9.17. The first-order valence-electron chi connectivity index (χ1n) is 7.28. The summed E-state index contributed by atoms with van der Waals surface area (Å²) >= 11 is 0. The predicted octanol–water partition coefficient (Wildman–Crippen LogP) is 2.71. The van der Waals surface area contributed by atoms with Gasteiger partial charge in [0.25, 0.3) is 0 Å². The lowest BCUT2D eigenvalue weighted by Crippen LogP contribution is -2.21. The average Bonchev–Trinajstić information content (AvgIpc) is 2.52. The van der Waals surface area contributed by atoms with Gasteiger partial charge in [0.15, 0.2) is 11.5 Å². The van der Waals surface area contributed by atoms with Crippen LogP contribution in [0.3, 0.4) is 0 Å². The smallest absolute Gasteiger partial charge is 0.223 e. The maximum absolute atomic E-state index is 11.3. The molecule has 124 valence electrons. The number of ether oxygens (including phenoxy) is 2. The van der Waals surface area contributed by atoms with Gasteiger partial charge in [0.1, 0.15) is 0 Å². The van der Waals surface area contributed by atoms with Crippen LogP contribution in [-0.4, -0.2) is 26.3 Å². The largest absolute Gasteiger partial charge is 0.490 e. The van der Waals surface area contributed by atoms with E-state index in [2.05, 4.69) is 9.71 Å². The Morgan fingerprint density at radius 1 is 1.13 bits per heavy atom. The molecule has 0 amide bonds. The van der Waals surface area contributed by atoms with Crippen molar-refractivity contribution in [2.75, 3.05) is 12.9 Å². The molecule has 0 aliphatic rings. The fourth-order valence-corrected chi connectivity index (χ4v) is 2.25. The van der Waals surface area contributed by atoms with Gasteiger partial charge in [-0.2, -0.15) is 0 Å². The summed E-state index contributed by atoms with van der Waals surface area (Å²) in [5.41, 5.74) is 0.642. The summed E-state index contributed by atoms with van der Waals surface area (Å²) < 4.78 is 36.4. The summed E-state index contributed by atoms with van der Waals surface area (Å²) in [5.74, 6) is 1.51. The van der Waals surface area contributed by atoms with Crippen molar-refractivity contribution in [2.24, 2.45) is 0 Å². The lowest BCUT2D eigenvalue weighted by Gasteiger charge is -2.13. The molecule has 0 bridgehead atoms. The Balaban J connectivity index is 2.20. The molecule has 0 aliphatic carbocycles. The van der Waals surface area contributed by atoms with Gasteiger partial charge in [0, 0.05) is 18.3 Å². The van der Waals surface area contributed by atoms with Crippen LogP contribution in [-0.2, 0) is 16.6 Å². The zero-order chi connectivity index (χ0) is 16.7. The van der Waals surface area contributed by atoms with Crippen LogP contribution in [0.4, 0.5) is 0 Å². The van der Waals surface area contributed by atoms with E-state index in [0.717, 1.165) is 12.7 Å². The molecule has 1 N–H and O–H groups in total. The number of hydrogen-bond acceptors (Lipinski definition) is 5. The fraction of sp³-hybridized carbons (Fsp3) is 0.312. The van der Waals surface area contributed by atoms with Gasteiger partial charge in [-0.05, 0) is 24.6 Å². The molecule has 0 aliphatic heterocycles. The van der Waals surface area contributed by atoms with Crippen LogP contribution >= 0.6 is 0 Å². The Morgan fingerprint density at radius 3 is 2.57 bits per heavy atom. The molecular formula is C16H20N2O4S. The zero-order valence-corrected chi connectivity index (χ0v) is 14.0. The van der Waals surface area contributed by atoms with Gasteiger partial charge in [0.05, 0.1) is 12.9 Å². The lowest BCUT2D eigenvalue weighted by atomic mass is 10.2. The van der Waals surface area contributed by atoms with Crippen molar-refractivity contribution >= 4 is 10.0 Å². The van der Waals surface area contributed by atoms with E-state index in [-0.39, 0.29) is 6.54 Å². The van der Waals surface area contributed by atoms with E-state index in [9.17, 15) is 8.42 Å². The minimum absolute atomic E-state index is 0.111. The van der Waals surface area contributed by atoms with Crippen molar-refractivity contribution in [3.63, 3.8) is 0 Å². The van der Waals surface area contributed by atoms with E-state index in [1.165, 1.54) is 0 Å². The number of sulfonamides is 1. The minimum atomic E-state index is -3.29. The maximum atomic E-state index is 11.3. The Morgan fingerprint density at radius 2 is 1.87 bits per heavy atom. The van der Waals surface area contributed by atoms with Crippen LogP contribution in [0.2, 0.25) is 0 Å². The fourth-order valence-electron chi connectivity index (χ4n) is 1.83. The summed E-state index contributed by atoms with van der Waals surface area (Å²) in [5, 5.41) is 0. The van der Waals surface area contributed by atoms with Gasteiger partial charge in [-0.25, -0.2) is 18.1 Å². The van der Waals surface area contributed by atoms with Crippen LogP contribution in [0.1, 0.15) is 18.9 Å². The summed E-state index contributed by atoms with van der Waals surface area (Å²) in [6, 6.07) is 10.8. The molecule has 0 radical (unpaired) electrons. The van der Waals surface area contributed by atoms with Crippen LogP contribution in [0.15, 0.2) is 42.6 Å². The van der Waals surface area contributed by atoms with Crippen LogP contribution in [0.25, 0.3) is 0 Å².